The second-order valence-electron chi connectivity index (χ2n) is 5.60. The summed E-state index contributed by atoms with van der Waals surface area (Å²) in [5.41, 5.74) is 4.04. The van der Waals surface area contributed by atoms with Crippen LogP contribution in [0, 0.1) is 22.7 Å². The molecular weight excluding hydrogens is 312 g/mol. The first-order valence-electron chi connectivity index (χ1n) is 7.63. The summed E-state index contributed by atoms with van der Waals surface area (Å²) in [5.74, 6) is 0.992. The van der Waals surface area contributed by atoms with Crippen molar-refractivity contribution in [2.45, 2.75) is 0 Å². The first-order valence-corrected chi connectivity index (χ1v) is 7.63. The van der Waals surface area contributed by atoms with Gasteiger partial charge in [0.15, 0.2) is 23.0 Å². The van der Waals surface area contributed by atoms with Gasteiger partial charge in [0.05, 0.1) is 11.4 Å². The smallest absolute Gasteiger partial charge is 0.179 e. The Morgan fingerprint density at radius 3 is 2.36 bits per heavy atom. The highest BCUT2D eigenvalue weighted by Crippen LogP contribution is 2.42. The van der Waals surface area contributed by atoms with E-state index >= 15 is 0 Å². The quantitative estimate of drug-likeness (QED) is 0.734. The fourth-order valence-electron chi connectivity index (χ4n) is 2.88. The Hall–Kier alpha value is -3.90. The van der Waals surface area contributed by atoms with Crippen molar-refractivity contribution in [3.05, 3.63) is 59.9 Å². The zero-order chi connectivity index (χ0) is 17.4. The van der Waals surface area contributed by atoms with Crippen LogP contribution in [0.2, 0.25) is 0 Å². The monoisotopic (exact) mass is 324 g/mol. The van der Waals surface area contributed by atoms with Crippen LogP contribution in [0.1, 0.15) is 11.4 Å². The number of nitriles is 2. The molecule has 0 radical (unpaired) electrons. The maximum Gasteiger partial charge on any atom is 0.179 e. The van der Waals surface area contributed by atoms with Crippen molar-refractivity contribution in [2.24, 2.45) is 0 Å². The zero-order valence-corrected chi connectivity index (χ0v) is 13.4. The lowest BCUT2D eigenvalue weighted by Gasteiger charge is -2.29. The third kappa shape index (κ3) is 2.34. The first kappa shape index (κ1) is 14.7. The van der Waals surface area contributed by atoms with Gasteiger partial charge in [-0.05, 0) is 23.3 Å². The van der Waals surface area contributed by atoms with Gasteiger partial charge in [0, 0.05) is 7.05 Å². The van der Waals surface area contributed by atoms with Gasteiger partial charge in [0.25, 0.3) is 0 Å². The largest absolute Gasteiger partial charge is 0.335 e. The minimum absolute atomic E-state index is 0.0183. The van der Waals surface area contributed by atoms with Crippen LogP contribution in [-0.4, -0.2) is 17.0 Å². The van der Waals surface area contributed by atoms with Crippen molar-refractivity contribution >= 4 is 23.0 Å². The Bertz CT molecular complexity index is 1060. The lowest BCUT2D eigenvalue weighted by molar-refractivity contribution is 1.04. The lowest BCUT2D eigenvalue weighted by atomic mass is 10.0. The molecule has 6 nitrogen and oxygen atoms in total. The second kappa shape index (κ2) is 5.63. The second-order valence-corrected chi connectivity index (χ2v) is 5.60. The summed E-state index contributed by atoms with van der Waals surface area (Å²) in [6.07, 6.45) is 0. The summed E-state index contributed by atoms with van der Waals surface area (Å²) < 4.78 is 0. The molecule has 1 aromatic heterocycles. The summed E-state index contributed by atoms with van der Waals surface area (Å²) in [7, 11) is 1.86. The van der Waals surface area contributed by atoms with Crippen molar-refractivity contribution < 1.29 is 0 Å². The number of aromatic nitrogens is 2. The van der Waals surface area contributed by atoms with Crippen molar-refractivity contribution in [1.29, 1.82) is 10.5 Å². The third-order valence-corrected chi connectivity index (χ3v) is 4.13. The molecule has 1 N–H and O–H groups in total. The SMILES string of the molecule is CN1c2ccc(-c3ccccc3)cc2Nc2nc(C#N)c(C#N)nc21. The molecule has 0 atom stereocenters. The number of hydrogen-bond donors (Lipinski definition) is 1. The highest BCUT2D eigenvalue weighted by Gasteiger charge is 2.24. The van der Waals surface area contributed by atoms with Crippen LogP contribution in [0.5, 0.6) is 0 Å². The van der Waals surface area contributed by atoms with Crippen LogP contribution in [-0.2, 0) is 0 Å². The maximum absolute atomic E-state index is 9.16. The number of rotatable bonds is 1. The Morgan fingerprint density at radius 1 is 0.920 bits per heavy atom. The molecule has 6 heteroatoms. The number of nitrogens with one attached hydrogen (secondary N) is 1. The van der Waals surface area contributed by atoms with Crippen LogP contribution in [0.4, 0.5) is 23.0 Å². The molecule has 0 saturated carbocycles. The third-order valence-electron chi connectivity index (χ3n) is 4.13. The van der Waals surface area contributed by atoms with E-state index in [0.717, 1.165) is 22.5 Å². The normalized spacial score (nSPS) is 11.6. The molecule has 0 saturated heterocycles. The van der Waals surface area contributed by atoms with Gasteiger partial charge in [-0.25, -0.2) is 9.97 Å². The van der Waals surface area contributed by atoms with E-state index in [0.29, 0.717) is 11.6 Å². The van der Waals surface area contributed by atoms with E-state index in [9.17, 15) is 0 Å². The molecule has 3 aromatic rings. The van der Waals surface area contributed by atoms with E-state index in [2.05, 4.69) is 27.4 Å². The van der Waals surface area contributed by atoms with Crippen molar-refractivity contribution in [3.63, 3.8) is 0 Å². The molecule has 0 spiro atoms. The summed E-state index contributed by atoms with van der Waals surface area (Å²) in [5, 5.41) is 21.5. The van der Waals surface area contributed by atoms with Gasteiger partial charge in [-0.3, -0.25) is 0 Å². The number of nitrogens with zero attached hydrogens (tertiary/aromatic N) is 5. The molecule has 2 heterocycles. The fraction of sp³-hybridized carbons (Fsp3) is 0.0526. The van der Waals surface area contributed by atoms with Gasteiger partial charge in [0.1, 0.15) is 12.1 Å². The summed E-state index contributed by atoms with van der Waals surface area (Å²) in [6, 6.07) is 20.0. The molecule has 0 aliphatic carbocycles. The van der Waals surface area contributed by atoms with Gasteiger partial charge in [-0.2, -0.15) is 10.5 Å². The van der Waals surface area contributed by atoms with Gasteiger partial charge < -0.3 is 10.2 Å². The Kier molecular flexibility index (Phi) is 3.30. The van der Waals surface area contributed by atoms with E-state index in [4.69, 9.17) is 10.5 Å². The highest BCUT2D eigenvalue weighted by atomic mass is 15.3. The predicted molar refractivity (Wildman–Crippen MR) is 94.7 cm³/mol. The summed E-state index contributed by atoms with van der Waals surface area (Å²) in [6.45, 7) is 0. The minimum Gasteiger partial charge on any atom is -0.335 e. The predicted octanol–water partition coefficient (Wildman–Crippen LogP) is 3.71. The average molecular weight is 324 g/mol. The first-order chi connectivity index (χ1) is 12.2. The molecule has 0 unspecified atom stereocenters. The molecule has 25 heavy (non-hydrogen) atoms. The topological polar surface area (TPSA) is 88.6 Å². The van der Waals surface area contributed by atoms with Gasteiger partial charge >= 0.3 is 0 Å². The van der Waals surface area contributed by atoms with Crippen LogP contribution < -0.4 is 10.2 Å². The number of anilines is 4. The number of benzene rings is 2. The van der Waals surface area contributed by atoms with Crippen LogP contribution in [0.15, 0.2) is 48.5 Å². The lowest BCUT2D eigenvalue weighted by Crippen LogP contribution is -2.21. The molecule has 4 rings (SSSR count). The van der Waals surface area contributed by atoms with Crippen molar-refractivity contribution in [2.75, 3.05) is 17.3 Å². The Balaban J connectivity index is 1.83. The number of fused-ring (bicyclic) bond motifs is 2. The molecular formula is C19H12N6. The van der Waals surface area contributed by atoms with Crippen LogP contribution >= 0.6 is 0 Å². The van der Waals surface area contributed by atoms with E-state index in [1.807, 2.05) is 60.5 Å². The van der Waals surface area contributed by atoms with E-state index in [1.165, 1.54) is 0 Å². The minimum atomic E-state index is 0.0183. The van der Waals surface area contributed by atoms with Gasteiger partial charge in [0.2, 0.25) is 0 Å². The average Bonchev–Trinajstić information content (AvgIpc) is 2.67. The molecule has 0 fully saturated rings. The molecule has 0 bridgehead atoms. The van der Waals surface area contributed by atoms with Crippen molar-refractivity contribution in [1.82, 2.24) is 9.97 Å². The summed E-state index contributed by atoms with van der Waals surface area (Å²) >= 11 is 0. The number of hydrogen-bond acceptors (Lipinski definition) is 6. The zero-order valence-electron chi connectivity index (χ0n) is 13.4. The molecule has 1 aliphatic heterocycles. The Labute approximate surface area is 144 Å². The highest BCUT2D eigenvalue weighted by molar-refractivity contribution is 5.90. The summed E-state index contributed by atoms with van der Waals surface area (Å²) in [4.78, 5) is 10.4. The van der Waals surface area contributed by atoms with E-state index in [1.54, 1.807) is 0 Å². The van der Waals surface area contributed by atoms with Gasteiger partial charge in [-0.15, -0.1) is 0 Å². The Morgan fingerprint density at radius 2 is 1.64 bits per heavy atom. The van der Waals surface area contributed by atoms with Crippen molar-refractivity contribution in [3.8, 4) is 23.3 Å². The van der Waals surface area contributed by atoms with Crippen LogP contribution in [0.3, 0.4) is 0 Å². The maximum atomic E-state index is 9.16. The van der Waals surface area contributed by atoms with Crippen LogP contribution in [0.25, 0.3) is 11.1 Å². The fourth-order valence-corrected chi connectivity index (χ4v) is 2.88. The van der Waals surface area contributed by atoms with Gasteiger partial charge in [-0.1, -0.05) is 36.4 Å². The molecule has 2 aromatic carbocycles. The molecule has 118 valence electrons. The standard InChI is InChI=1S/C19H12N6/c1-25-17-8-7-13(12-5-3-2-4-6-12)9-14(17)22-18-19(25)24-16(11-21)15(10-20)23-18/h2-9H,1H3,(H,22,23). The van der Waals surface area contributed by atoms with E-state index in [-0.39, 0.29) is 11.4 Å². The molecule has 0 amide bonds. The molecule has 1 aliphatic rings. The van der Waals surface area contributed by atoms with E-state index < -0.39 is 0 Å².